The second-order valence-corrected chi connectivity index (χ2v) is 4.00. The molecule has 1 rings (SSSR count). The number of aromatic nitrogens is 1. The number of nitrogens with one attached hydrogen (secondary N) is 1. The molecular formula is C13H15N3O3. The maximum absolute atomic E-state index is 11.6. The summed E-state index contributed by atoms with van der Waals surface area (Å²) in [4.78, 5) is 37.5. The number of carbonyl (C=O) groups is 2. The van der Waals surface area contributed by atoms with Crippen LogP contribution in [0.1, 0.15) is 26.0 Å². The summed E-state index contributed by atoms with van der Waals surface area (Å²) >= 11 is 0. The third-order valence-corrected chi connectivity index (χ3v) is 2.61. The Hall–Kier alpha value is -2.37. The molecule has 1 heterocycles. The molecule has 0 spiro atoms. The van der Waals surface area contributed by atoms with E-state index in [2.05, 4.69) is 15.5 Å². The quantitative estimate of drug-likeness (QED) is 0.479. The molecule has 6 heteroatoms. The zero-order valence-electron chi connectivity index (χ0n) is 10.8. The molecule has 19 heavy (non-hydrogen) atoms. The van der Waals surface area contributed by atoms with E-state index in [1.807, 2.05) is 6.07 Å². The Bertz CT molecular complexity index is 509. The highest BCUT2D eigenvalue weighted by Gasteiger charge is 2.13. The van der Waals surface area contributed by atoms with Crippen molar-refractivity contribution in [2.75, 3.05) is 0 Å². The van der Waals surface area contributed by atoms with Gasteiger partial charge in [0.25, 0.3) is 0 Å². The minimum absolute atomic E-state index is 0.0996. The molecule has 1 amide bonds. The van der Waals surface area contributed by atoms with Gasteiger partial charge < -0.3 is 5.32 Å². The van der Waals surface area contributed by atoms with Crippen molar-refractivity contribution in [3.8, 4) is 0 Å². The lowest BCUT2D eigenvalue weighted by Gasteiger charge is -2.04. The SMILES string of the molecule is CC(N=O)=C(C)C(=O)CC(=O)NCc1ccccn1. The van der Waals surface area contributed by atoms with Gasteiger partial charge in [0.2, 0.25) is 5.91 Å². The topological polar surface area (TPSA) is 88.5 Å². The Kier molecular flexibility index (Phi) is 5.53. The third kappa shape index (κ3) is 4.79. The highest BCUT2D eigenvalue weighted by molar-refractivity contribution is 6.06. The van der Waals surface area contributed by atoms with Crippen molar-refractivity contribution in [2.45, 2.75) is 26.8 Å². The van der Waals surface area contributed by atoms with E-state index in [-0.39, 0.29) is 24.2 Å². The molecule has 100 valence electrons. The molecule has 1 N–H and O–H groups in total. The predicted octanol–water partition coefficient (Wildman–Crippen LogP) is 1.72. The molecule has 1 aromatic heterocycles. The van der Waals surface area contributed by atoms with Crippen LogP contribution in [0.3, 0.4) is 0 Å². The van der Waals surface area contributed by atoms with Crippen LogP contribution >= 0.6 is 0 Å². The molecule has 0 aromatic carbocycles. The second kappa shape index (κ2) is 7.15. The van der Waals surface area contributed by atoms with Gasteiger partial charge >= 0.3 is 0 Å². The number of ketones is 1. The van der Waals surface area contributed by atoms with Gasteiger partial charge in [0.15, 0.2) is 5.78 Å². The molecule has 0 unspecified atom stereocenters. The van der Waals surface area contributed by atoms with Crippen LogP contribution < -0.4 is 5.32 Å². The van der Waals surface area contributed by atoms with Crippen LogP contribution in [-0.4, -0.2) is 16.7 Å². The minimum Gasteiger partial charge on any atom is -0.350 e. The van der Waals surface area contributed by atoms with E-state index in [0.717, 1.165) is 0 Å². The van der Waals surface area contributed by atoms with E-state index in [0.29, 0.717) is 5.69 Å². The summed E-state index contributed by atoms with van der Waals surface area (Å²) in [5.41, 5.74) is 1.02. The number of carbonyl (C=O) groups excluding carboxylic acids is 2. The molecule has 0 aliphatic heterocycles. The van der Waals surface area contributed by atoms with Crippen LogP contribution in [0.5, 0.6) is 0 Å². The van der Waals surface area contributed by atoms with Gasteiger partial charge in [-0.25, -0.2) is 0 Å². The normalized spacial score (nSPS) is 11.5. The van der Waals surface area contributed by atoms with Crippen LogP contribution in [0.2, 0.25) is 0 Å². The first-order chi connectivity index (χ1) is 9.04. The van der Waals surface area contributed by atoms with Crippen molar-refractivity contribution >= 4 is 11.7 Å². The van der Waals surface area contributed by atoms with Crippen molar-refractivity contribution in [1.29, 1.82) is 0 Å². The summed E-state index contributed by atoms with van der Waals surface area (Å²) in [5.74, 6) is -0.815. The average Bonchev–Trinajstić information content (AvgIpc) is 2.44. The molecule has 0 atom stereocenters. The summed E-state index contributed by atoms with van der Waals surface area (Å²) in [6, 6.07) is 5.36. The number of amides is 1. The van der Waals surface area contributed by atoms with Crippen molar-refractivity contribution in [3.05, 3.63) is 46.3 Å². The molecule has 0 aliphatic carbocycles. The van der Waals surface area contributed by atoms with Crippen LogP contribution in [0.25, 0.3) is 0 Å². The Labute approximate surface area is 110 Å². The Balaban J connectivity index is 2.48. The van der Waals surface area contributed by atoms with Crippen LogP contribution in [0, 0.1) is 4.91 Å². The van der Waals surface area contributed by atoms with Crippen LogP contribution in [0.4, 0.5) is 0 Å². The van der Waals surface area contributed by atoms with Gasteiger partial charge in [-0.3, -0.25) is 14.6 Å². The van der Waals surface area contributed by atoms with Gasteiger partial charge in [-0.05, 0) is 31.2 Å². The number of rotatable bonds is 6. The van der Waals surface area contributed by atoms with Crippen molar-refractivity contribution in [2.24, 2.45) is 5.18 Å². The van der Waals surface area contributed by atoms with Crippen LogP contribution in [0.15, 0.2) is 40.8 Å². The second-order valence-electron chi connectivity index (χ2n) is 4.00. The number of Topliss-reactive ketones (excluding diaryl/α,β-unsaturated/α-hetero) is 1. The lowest BCUT2D eigenvalue weighted by atomic mass is 10.1. The summed E-state index contributed by atoms with van der Waals surface area (Å²) in [6.45, 7) is 3.18. The third-order valence-electron chi connectivity index (χ3n) is 2.61. The zero-order chi connectivity index (χ0) is 14.3. The zero-order valence-corrected chi connectivity index (χ0v) is 10.8. The molecule has 1 aromatic rings. The molecule has 0 bridgehead atoms. The van der Waals surface area contributed by atoms with E-state index in [1.165, 1.54) is 13.8 Å². The molecule has 0 saturated carbocycles. The molecule has 6 nitrogen and oxygen atoms in total. The maximum Gasteiger partial charge on any atom is 0.228 e. The number of nitroso groups, excluding NO2 is 1. The average molecular weight is 261 g/mol. The lowest BCUT2D eigenvalue weighted by Crippen LogP contribution is -2.26. The fourth-order valence-corrected chi connectivity index (χ4v) is 1.30. The first-order valence-corrected chi connectivity index (χ1v) is 5.75. The first kappa shape index (κ1) is 14.7. The Morgan fingerprint density at radius 1 is 1.32 bits per heavy atom. The van der Waals surface area contributed by atoms with E-state index < -0.39 is 11.7 Å². The largest absolute Gasteiger partial charge is 0.350 e. The van der Waals surface area contributed by atoms with Gasteiger partial charge in [0.1, 0.15) is 0 Å². The molecule has 0 saturated heterocycles. The standard InChI is InChI=1S/C13H15N3O3/c1-9(10(2)16-19)12(17)7-13(18)15-8-11-5-3-4-6-14-11/h3-6H,7-8H2,1-2H3,(H,15,18). The number of hydrogen-bond donors (Lipinski definition) is 1. The summed E-state index contributed by atoms with van der Waals surface area (Å²) < 4.78 is 0. The van der Waals surface area contributed by atoms with E-state index in [1.54, 1.807) is 18.3 Å². The van der Waals surface area contributed by atoms with E-state index in [4.69, 9.17) is 0 Å². The van der Waals surface area contributed by atoms with Gasteiger partial charge in [-0.1, -0.05) is 6.07 Å². The van der Waals surface area contributed by atoms with Crippen molar-refractivity contribution in [1.82, 2.24) is 10.3 Å². The fourth-order valence-electron chi connectivity index (χ4n) is 1.30. The first-order valence-electron chi connectivity index (χ1n) is 5.75. The summed E-state index contributed by atoms with van der Waals surface area (Å²) in [5, 5.41) is 5.27. The predicted molar refractivity (Wildman–Crippen MR) is 69.9 cm³/mol. The minimum atomic E-state index is -0.409. The fraction of sp³-hybridized carbons (Fsp3) is 0.308. The molecule has 0 radical (unpaired) electrons. The molecular weight excluding hydrogens is 246 g/mol. The highest BCUT2D eigenvalue weighted by Crippen LogP contribution is 2.07. The van der Waals surface area contributed by atoms with Gasteiger partial charge in [0.05, 0.1) is 24.4 Å². The van der Waals surface area contributed by atoms with Crippen LogP contribution in [-0.2, 0) is 16.1 Å². The smallest absolute Gasteiger partial charge is 0.228 e. The summed E-state index contributed by atoms with van der Waals surface area (Å²) in [6.07, 6.45) is 1.32. The van der Waals surface area contributed by atoms with Crippen molar-refractivity contribution < 1.29 is 9.59 Å². The van der Waals surface area contributed by atoms with Gasteiger partial charge in [0, 0.05) is 11.8 Å². The summed E-state index contributed by atoms with van der Waals surface area (Å²) in [7, 11) is 0. The van der Waals surface area contributed by atoms with Crippen molar-refractivity contribution in [3.63, 3.8) is 0 Å². The number of hydrogen-bond acceptors (Lipinski definition) is 5. The lowest BCUT2D eigenvalue weighted by molar-refractivity contribution is -0.126. The van der Waals surface area contributed by atoms with Gasteiger partial charge in [-0.15, -0.1) is 4.91 Å². The maximum atomic E-state index is 11.6. The van der Waals surface area contributed by atoms with E-state index >= 15 is 0 Å². The van der Waals surface area contributed by atoms with E-state index in [9.17, 15) is 14.5 Å². The number of nitrogens with zero attached hydrogens (tertiary/aromatic N) is 2. The monoisotopic (exact) mass is 261 g/mol. The number of pyridine rings is 1. The Morgan fingerprint density at radius 2 is 2.05 bits per heavy atom. The highest BCUT2D eigenvalue weighted by atomic mass is 16.3. The Morgan fingerprint density at radius 3 is 2.63 bits per heavy atom. The number of allylic oxidation sites excluding steroid dienone is 2. The van der Waals surface area contributed by atoms with Gasteiger partial charge in [-0.2, -0.15) is 0 Å². The molecule has 0 fully saturated rings. The molecule has 0 aliphatic rings.